The highest BCUT2D eigenvalue weighted by molar-refractivity contribution is 6.29. The topological polar surface area (TPSA) is 100 Å². The Morgan fingerprint density at radius 3 is 2.82 bits per heavy atom. The van der Waals surface area contributed by atoms with E-state index >= 15 is 0 Å². The summed E-state index contributed by atoms with van der Waals surface area (Å²) >= 11 is 5.95. The summed E-state index contributed by atoms with van der Waals surface area (Å²) in [6.07, 6.45) is 2.86. The standard InChI is InChI=1S/C24H26ClN5O3/c1-14(31)23-16-7-2-3-8-18(16)29(28-23)13-22(32)30-17-9-4-6-15(17)12-19(30)24(33)27-21-11-5-10-20(25)26-21/h2-3,5,7-8,10-11,14-15,17,19,31H,4,6,9,12-13H2,1H3,(H,26,27,33)/t14?,15-,17-,19-/m0/s1. The number of carbonyl (C=O) groups is 2. The highest BCUT2D eigenvalue weighted by Gasteiger charge is 2.48. The van der Waals surface area contributed by atoms with Gasteiger partial charge < -0.3 is 15.3 Å². The summed E-state index contributed by atoms with van der Waals surface area (Å²) < 4.78 is 1.63. The SMILES string of the molecule is CC(O)c1nn(CC(=O)N2[C@H](C(=O)Nc3cccc(Cl)n3)C[C@@H]3CCC[C@@H]32)c2ccccc12. The number of aromatic nitrogens is 3. The van der Waals surface area contributed by atoms with Crippen LogP contribution in [-0.4, -0.2) is 48.7 Å². The van der Waals surface area contributed by atoms with Gasteiger partial charge in [0.05, 0.1) is 17.3 Å². The smallest absolute Gasteiger partial charge is 0.248 e. The van der Waals surface area contributed by atoms with Crippen molar-refractivity contribution in [3.8, 4) is 0 Å². The molecule has 2 fully saturated rings. The van der Waals surface area contributed by atoms with Crippen molar-refractivity contribution in [1.82, 2.24) is 19.7 Å². The second-order valence-electron chi connectivity index (χ2n) is 8.88. The van der Waals surface area contributed by atoms with Crippen LogP contribution in [0, 0.1) is 5.92 Å². The van der Waals surface area contributed by atoms with Gasteiger partial charge in [0.2, 0.25) is 11.8 Å². The molecule has 0 bridgehead atoms. The van der Waals surface area contributed by atoms with Crippen molar-refractivity contribution in [3.05, 3.63) is 53.3 Å². The number of amides is 2. The average Bonchev–Trinajstić information content (AvgIpc) is 3.47. The van der Waals surface area contributed by atoms with Crippen LogP contribution in [0.2, 0.25) is 5.15 Å². The summed E-state index contributed by atoms with van der Waals surface area (Å²) in [5.41, 5.74) is 1.33. The third-order valence-corrected chi connectivity index (χ3v) is 6.97. The van der Waals surface area contributed by atoms with Crippen molar-refractivity contribution in [1.29, 1.82) is 0 Å². The molecular formula is C24H26ClN5O3. The second-order valence-corrected chi connectivity index (χ2v) is 9.27. The van der Waals surface area contributed by atoms with Gasteiger partial charge in [-0.25, -0.2) is 4.98 Å². The van der Waals surface area contributed by atoms with Gasteiger partial charge in [-0.2, -0.15) is 5.10 Å². The highest BCUT2D eigenvalue weighted by atomic mass is 35.5. The van der Waals surface area contributed by atoms with Gasteiger partial charge in [0, 0.05) is 11.4 Å². The number of anilines is 1. The molecule has 1 unspecified atom stereocenters. The predicted octanol–water partition coefficient (Wildman–Crippen LogP) is 3.55. The lowest BCUT2D eigenvalue weighted by Crippen LogP contribution is -2.48. The lowest BCUT2D eigenvalue weighted by atomic mass is 10.0. The minimum atomic E-state index is -0.749. The Morgan fingerprint density at radius 2 is 2.03 bits per heavy atom. The van der Waals surface area contributed by atoms with Crippen LogP contribution >= 0.6 is 11.6 Å². The Bertz CT molecular complexity index is 1210. The summed E-state index contributed by atoms with van der Waals surface area (Å²) in [5, 5.41) is 18.6. The monoisotopic (exact) mass is 467 g/mol. The van der Waals surface area contributed by atoms with E-state index in [2.05, 4.69) is 15.4 Å². The maximum atomic E-state index is 13.6. The molecule has 2 N–H and O–H groups in total. The van der Waals surface area contributed by atoms with Crippen molar-refractivity contribution in [2.75, 3.05) is 5.32 Å². The molecule has 3 aromatic rings. The highest BCUT2D eigenvalue weighted by Crippen LogP contribution is 2.41. The fraction of sp³-hybridized carbons (Fsp3) is 0.417. The van der Waals surface area contributed by atoms with Crippen LogP contribution in [0.1, 0.15) is 44.4 Å². The zero-order chi connectivity index (χ0) is 23.1. The molecule has 8 nitrogen and oxygen atoms in total. The Kier molecular flexibility index (Phi) is 5.80. The number of hydrogen-bond donors (Lipinski definition) is 2. The van der Waals surface area contributed by atoms with Gasteiger partial charge in [-0.3, -0.25) is 14.3 Å². The van der Waals surface area contributed by atoms with E-state index in [9.17, 15) is 14.7 Å². The van der Waals surface area contributed by atoms with Crippen LogP contribution in [0.25, 0.3) is 10.9 Å². The molecule has 4 atom stereocenters. The van der Waals surface area contributed by atoms with Crippen molar-refractivity contribution in [2.24, 2.45) is 5.92 Å². The van der Waals surface area contributed by atoms with Gasteiger partial charge in [0.15, 0.2) is 0 Å². The Morgan fingerprint density at radius 1 is 1.21 bits per heavy atom. The predicted molar refractivity (Wildman–Crippen MR) is 125 cm³/mol. The molecule has 172 valence electrons. The van der Waals surface area contributed by atoms with E-state index in [4.69, 9.17) is 11.6 Å². The average molecular weight is 468 g/mol. The van der Waals surface area contributed by atoms with Gasteiger partial charge in [0.1, 0.15) is 23.6 Å². The van der Waals surface area contributed by atoms with E-state index < -0.39 is 12.1 Å². The number of carbonyl (C=O) groups excluding carboxylic acids is 2. The number of pyridine rings is 1. The van der Waals surface area contributed by atoms with Crippen molar-refractivity contribution < 1.29 is 14.7 Å². The van der Waals surface area contributed by atoms with Gasteiger partial charge >= 0.3 is 0 Å². The van der Waals surface area contributed by atoms with Crippen LogP contribution in [0.3, 0.4) is 0 Å². The Hall–Kier alpha value is -2.97. The molecule has 1 saturated heterocycles. The zero-order valence-electron chi connectivity index (χ0n) is 18.3. The van der Waals surface area contributed by atoms with E-state index in [0.717, 1.165) is 30.2 Å². The quantitative estimate of drug-likeness (QED) is 0.559. The molecule has 0 spiro atoms. The van der Waals surface area contributed by atoms with Crippen molar-refractivity contribution in [2.45, 2.75) is 57.3 Å². The largest absolute Gasteiger partial charge is 0.387 e. The van der Waals surface area contributed by atoms with Gasteiger partial charge in [-0.05, 0) is 50.3 Å². The second kappa shape index (κ2) is 8.76. The molecule has 2 aliphatic rings. The summed E-state index contributed by atoms with van der Waals surface area (Å²) in [4.78, 5) is 32.7. The van der Waals surface area contributed by atoms with Crippen LogP contribution in [0.4, 0.5) is 5.82 Å². The first-order valence-corrected chi connectivity index (χ1v) is 11.7. The lowest BCUT2D eigenvalue weighted by Gasteiger charge is -2.29. The first-order valence-electron chi connectivity index (χ1n) is 11.3. The first-order chi connectivity index (χ1) is 15.9. The third-order valence-electron chi connectivity index (χ3n) is 6.76. The number of para-hydroxylation sites is 1. The van der Waals surface area contributed by atoms with Crippen LogP contribution < -0.4 is 5.32 Å². The Balaban J connectivity index is 1.41. The summed E-state index contributed by atoms with van der Waals surface area (Å²) in [6, 6.07) is 12.1. The zero-order valence-corrected chi connectivity index (χ0v) is 19.1. The molecule has 2 amide bonds. The van der Waals surface area contributed by atoms with Crippen LogP contribution in [0.15, 0.2) is 42.5 Å². The normalized spacial score (nSPS) is 23.0. The van der Waals surface area contributed by atoms with E-state index in [1.165, 1.54) is 0 Å². The maximum absolute atomic E-state index is 13.6. The maximum Gasteiger partial charge on any atom is 0.248 e. The molecule has 1 aromatic carbocycles. The summed E-state index contributed by atoms with van der Waals surface area (Å²) in [6.45, 7) is 1.67. The first kappa shape index (κ1) is 21.9. The number of aliphatic hydroxyl groups is 1. The van der Waals surface area contributed by atoms with Crippen LogP contribution in [0.5, 0.6) is 0 Å². The van der Waals surface area contributed by atoms with Crippen LogP contribution in [-0.2, 0) is 16.1 Å². The summed E-state index contributed by atoms with van der Waals surface area (Å²) in [5.74, 6) is 0.299. The van der Waals surface area contributed by atoms with Crippen molar-refractivity contribution >= 4 is 40.1 Å². The molecule has 33 heavy (non-hydrogen) atoms. The number of aliphatic hydroxyl groups excluding tert-OH is 1. The van der Waals surface area contributed by atoms with E-state index in [0.29, 0.717) is 29.0 Å². The fourth-order valence-electron chi connectivity index (χ4n) is 5.36. The number of halogens is 1. The number of benzene rings is 1. The molecule has 9 heteroatoms. The fourth-order valence-corrected chi connectivity index (χ4v) is 5.53. The molecule has 2 aromatic heterocycles. The minimum absolute atomic E-state index is 0.00957. The lowest BCUT2D eigenvalue weighted by molar-refractivity contribution is -0.139. The molecule has 1 aliphatic carbocycles. The van der Waals surface area contributed by atoms with Crippen molar-refractivity contribution in [3.63, 3.8) is 0 Å². The number of likely N-dealkylation sites (tertiary alicyclic amines) is 1. The van der Waals surface area contributed by atoms with Gasteiger partial charge in [-0.15, -0.1) is 0 Å². The van der Waals surface area contributed by atoms with Gasteiger partial charge in [-0.1, -0.05) is 42.3 Å². The third kappa shape index (κ3) is 4.09. The number of hydrogen-bond acceptors (Lipinski definition) is 5. The van der Waals surface area contributed by atoms with E-state index in [-0.39, 0.29) is 24.4 Å². The molecule has 0 radical (unpaired) electrons. The van der Waals surface area contributed by atoms with Gasteiger partial charge in [0.25, 0.3) is 0 Å². The number of fused-ring (bicyclic) bond motifs is 2. The molecule has 1 aliphatic heterocycles. The van der Waals surface area contributed by atoms with E-state index in [1.807, 2.05) is 24.3 Å². The molecular weight excluding hydrogens is 442 g/mol. The van der Waals surface area contributed by atoms with E-state index in [1.54, 1.807) is 34.7 Å². The molecule has 3 heterocycles. The molecule has 1 saturated carbocycles. The number of rotatable bonds is 5. The number of nitrogens with one attached hydrogen (secondary N) is 1. The summed E-state index contributed by atoms with van der Waals surface area (Å²) in [7, 11) is 0. The molecule has 5 rings (SSSR count). The number of nitrogens with zero attached hydrogens (tertiary/aromatic N) is 4. The Labute approximate surface area is 196 Å². The minimum Gasteiger partial charge on any atom is -0.387 e.